The Morgan fingerprint density at radius 1 is 1.19 bits per heavy atom. The molecule has 0 radical (unpaired) electrons. The number of aryl methyl sites for hydroxylation is 1. The van der Waals surface area contributed by atoms with Gasteiger partial charge in [0.25, 0.3) is 0 Å². The van der Waals surface area contributed by atoms with E-state index in [1.165, 1.54) is 11.0 Å². The predicted molar refractivity (Wildman–Crippen MR) is 101 cm³/mol. The van der Waals surface area contributed by atoms with Gasteiger partial charge in [-0.15, -0.1) is 0 Å². The van der Waals surface area contributed by atoms with Gasteiger partial charge in [0, 0.05) is 17.9 Å². The molecular formula is C19H18F3N3S. The molecule has 2 aromatic rings. The quantitative estimate of drug-likeness (QED) is 0.710. The molecule has 7 heteroatoms. The summed E-state index contributed by atoms with van der Waals surface area (Å²) >= 11 is 5.39. The van der Waals surface area contributed by atoms with Crippen molar-refractivity contribution in [2.45, 2.75) is 25.9 Å². The van der Waals surface area contributed by atoms with Gasteiger partial charge in [0.1, 0.15) is 0 Å². The molecule has 0 aromatic heterocycles. The molecule has 0 fully saturated rings. The summed E-state index contributed by atoms with van der Waals surface area (Å²) in [6.45, 7) is 2.22. The molecule has 0 amide bonds. The molecule has 0 aliphatic heterocycles. The number of benzene rings is 2. The van der Waals surface area contributed by atoms with Gasteiger partial charge in [0.2, 0.25) is 0 Å². The summed E-state index contributed by atoms with van der Waals surface area (Å²) < 4.78 is 39.0. The van der Waals surface area contributed by atoms with Gasteiger partial charge in [-0.25, -0.2) is 0 Å². The van der Waals surface area contributed by atoms with Crippen molar-refractivity contribution in [1.82, 2.24) is 0 Å². The Morgan fingerprint density at radius 3 is 2.58 bits per heavy atom. The minimum atomic E-state index is -4.44. The van der Waals surface area contributed by atoms with E-state index in [1.54, 1.807) is 6.07 Å². The van der Waals surface area contributed by atoms with E-state index in [4.69, 9.17) is 17.5 Å². The number of hydrogen-bond donors (Lipinski definition) is 1. The second-order valence-corrected chi connectivity index (χ2v) is 5.98. The van der Waals surface area contributed by atoms with Crippen molar-refractivity contribution in [1.29, 1.82) is 5.26 Å². The highest BCUT2D eigenvalue weighted by Crippen LogP contribution is 2.32. The molecule has 0 aliphatic carbocycles. The van der Waals surface area contributed by atoms with E-state index in [9.17, 15) is 13.2 Å². The van der Waals surface area contributed by atoms with Crippen molar-refractivity contribution in [3.63, 3.8) is 0 Å². The summed E-state index contributed by atoms with van der Waals surface area (Å²) in [6, 6.07) is 14.5. The molecule has 0 saturated heterocycles. The van der Waals surface area contributed by atoms with E-state index in [-0.39, 0.29) is 18.1 Å². The first-order valence-electron chi connectivity index (χ1n) is 8.07. The molecule has 0 spiro atoms. The highest BCUT2D eigenvalue weighted by molar-refractivity contribution is 7.80. The van der Waals surface area contributed by atoms with Crippen LogP contribution >= 0.6 is 12.2 Å². The molecule has 0 atom stereocenters. The number of nitriles is 1. The van der Waals surface area contributed by atoms with Gasteiger partial charge in [-0.2, -0.15) is 18.4 Å². The van der Waals surface area contributed by atoms with Crippen LogP contribution in [0.5, 0.6) is 0 Å². The van der Waals surface area contributed by atoms with Crippen LogP contribution in [0.1, 0.15) is 24.5 Å². The lowest BCUT2D eigenvalue weighted by Gasteiger charge is -2.26. The normalized spacial score (nSPS) is 10.9. The number of thiocarbonyl (C=S) groups is 1. The molecule has 3 nitrogen and oxygen atoms in total. The molecule has 1 N–H and O–H groups in total. The fourth-order valence-corrected chi connectivity index (χ4v) is 2.73. The van der Waals surface area contributed by atoms with E-state index < -0.39 is 11.7 Å². The number of hydrogen-bond acceptors (Lipinski definition) is 2. The van der Waals surface area contributed by atoms with E-state index in [1.807, 2.05) is 37.3 Å². The second kappa shape index (κ2) is 8.68. The smallest absolute Gasteiger partial charge is 0.332 e. The Bertz CT molecular complexity index is 812. The van der Waals surface area contributed by atoms with E-state index in [0.29, 0.717) is 5.69 Å². The maximum absolute atomic E-state index is 13.0. The number of nitrogens with one attached hydrogen (secondary N) is 1. The maximum atomic E-state index is 13.0. The van der Waals surface area contributed by atoms with Gasteiger partial charge in [0.05, 0.1) is 18.1 Å². The second-order valence-electron chi connectivity index (χ2n) is 5.59. The third kappa shape index (κ3) is 5.20. The molecule has 0 unspecified atom stereocenters. The fourth-order valence-electron chi connectivity index (χ4n) is 2.42. The first-order valence-corrected chi connectivity index (χ1v) is 8.47. The SMILES string of the molecule is CCc1cccc(NC(=S)N(CCC#N)c2cccc(C(F)(F)F)c2)c1. The maximum Gasteiger partial charge on any atom is 0.416 e. The fraction of sp³-hybridized carbons (Fsp3) is 0.263. The molecule has 136 valence electrons. The highest BCUT2D eigenvalue weighted by atomic mass is 32.1. The summed E-state index contributed by atoms with van der Waals surface area (Å²) in [6.07, 6.45) is -3.46. The van der Waals surface area contributed by atoms with Crippen molar-refractivity contribution >= 4 is 28.7 Å². The lowest BCUT2D eigenvalue weighted by Crippen LogP contribution is -2.35. The topological polar surface area (TPSA) is 39.1 Å². The highest BCUT2D eigenvalue weighted by Gasteiger charge is 2.31. The number of halogens is 3. The van der Waals surface area contributed by atoms with Crippen LogP contribution in [0.3, 0.4) is 0 Å². The van der Waals surface area contributed by atoms with Crippen molar-refractivity contribution in [2.24, 2.45) is 0 Å². The molecule has 0 aliphatic rings. The van der Waals surface area contributed by atoms with Crippen molar-refractivity contribution in [3.05, 3.63) is 59.7 Å². The van der Waals surface area contributed by atoms with Crippen molar-refractivity contribution in [3.8, 4) is 6.07 Å². The van der Waals surface area contributed by atoms with Crippen LogP contribution in [0, 0.1) is 11.3 Å². The first-order chi connectivity index (χ1) is 12.3. The third-order valence-corrected chi connectivity index (χ3v) is 4.09. The summed E-state index contributed by atoms with van der Waals surface area (Å²) in [5, 5.41) is 12.2. The zero-order valence-corrected chi connectivity index (χ0v) is 15.0. The summed E-state index contributed by atoms with van der Waals surface area (Å²) in [7, 11) is 0. The van der Waals surface area contributed by atoms with Gasteiger partial charge in [-0.05, 0) is 54.5 Å². The standard InChI is InChI=1S/C19H18F3N3S/c1-2-14-6-3-8-16(12-14)24-18(26)25(11-5-10-23)17-9-4-7-15(13-17)19(20,21)22/h3-4,6-9,12-13H,2,5,11H2,1H3,(H,24,26). The van der Waals surface area contributed by atoms with Crippen LogP contribution in [-0.2, 0) is 12.6 Å². The van der Waals surface area contributed by atoms with Crippen molar-refractivity contribution < 1.29 is 13.2 Å². The predicted octanol–water partition coefficient (Wildman–Crippen LogP) is 5.38. The molecule has 0 bridgehead atoms. The number of anilines is 2. The van der Waals surface area contributed by atoms with E-state index in [0.717, 1.165) is 29.8 Å². The molecule has 2 rings (SSSR count). The Labute approximate surface area is 156 Å². The van der Waals surface area contributed by atoms with Gasteiger partial charge in [0.15, 0.2) is 5.11 Å². The summed E-state index contributed by atoms with van der Waals surface area (Å²) in [5.74, 6) is 0. The Balaban J connectivity index is 2.29. The summed E-state index contributed by atoms with van der Waals surface area (Å²) in [4.78, 5) is 1.51. The molecule has 2 aromatic carbocycles. The van der Waals surface area contributed by atoms with Crippen LogP contribution in [0.2, 0.25) is 0 Å². The monoisotopic (exact) mass is 377 g/mol. The minimum absolute atomic E-state index is 0.132. The third-order valence-electron chi connectivity index (χ3n) is 3.76. The van der Waals surface area contributed by atoms with Crippen LogP contribution in [0.4, 0.5) is 24.5 Å². The average molecular weight is 377 g/mol. The molecule has 0 heterocycles. The molecule has 26 heavy (non-hydrogen) atoms. The Kier molecular flexibility index (Phi) is 6.58. The number of rotatable bonds is 5. The molecular weight excluding hydrogens is 359 g/mol. The van der Waals surface area contributed by atoms with Crippen LogP contribution in [0.25, 0.3) is 0 Å². The van der Waals surface area contributed by atoms with Crippen molar-refractivity contribution in [2.75, 3.05) is 16.8 Å². The lowest BCUT2D eigenvalue weighted by molar-refractivity contribution is -0.137. The van der Waals surface area contributed by atoms with Gasteiger partial charge < -0.3 is 10.2 Å². The van der Waals surface area contributed by atoms with Gasteiger partial charge >= 0.3 is 6.18 Å². The number of alkyl halides is 3. The van der Waals surface area contributed by atoms with Crippen LogP contribution in [-0.4, -0.2) is 11.7 Å². The van der Waals surface area contributed by atoms with Gasteiger partial charge in [-0.1, -0.05) is 25.1 Å². The Morgan fingerprint density at radius 2 is 1.92 bits per heavy atom. The number of nitrogens with zero attached hydrogens (tertiary/aromatic N) is 2. The largest absolute Gasteiger partial charge is 0.416 e. The van der Waals surface area contributed by atoms with Crippen LogP contribution in [0.15, 0.2) is 48.5 Å². The Hall–Kier alpha value is -2.59. The average Bonchev–Trinajstić information content (AvgIpc) is 2.62. The van der Waals surface area contributed by atoms with E-state index in [2.05, 4.69) is 5.32 Å². The van der Waals surface area contributed by atoms with Crippen LogP contribution < -0.4 is 10.2 Å². The zero-order chi connectivity index (χ0) is 19.2. The lowest BCUT2D eigenvalue weighted by atomic mass is 10.1. The van der Waals surface area contributed by atoms with Gasteiger partial charge in [-0.3, -0.25) is 0 Å². The van der Waals surface area contributed by atoms with E-state index >= 15 is 0 Å². The zero-order valence-electron chi connectivity index (χ0n) is 14.2. The summed E-state index contributed by atoms with van der Waals surface area (Å²) in [5.41, 5.74) is 1.40. The first kappa shape index (κ1) is 19.7. The minimum Gasteiger partial charge on any atom is -0.332 e. The molecule has 0 saturated carbocycles.